The third-order valence-electron chi connectivity index (χ3n) is 3.37. The number of phenols is 1. The normalized spacial score (nSPS) is 10.9. The Morgan fingerprint density at radius 1 is 1.04 bits per heavy atom. The molecule has 2 aromatic carbocycles. The maximum absolute atomic E-state index is 11.8. The molecule has 0 atom stereocenters. The average Bonchev–Trinajstić information content (AvgIpc) is 2.64. The first-order valence-electron chi connectivity index (χ1n) is 7.51. The molecule has 1 amide bonds. The number of amides is 1. The lowest BCUT2D eigenvalue weighted by Crippen LogP contribution is -2.25. The molecule has 0 saturated carbocycles. The highest BCUT2D eigenvalue weighted by Crippen LogP contribution is 2.23. The molecule has 0 aromatic heterocycles. The molecule has 0 unspecified atom stereocenters. The topological polar surface area (TPSA) is 89.4 Å². The van der Waals surface area contributed by atoms with E-state index < -0.39 is 5.91 Å². The Hall–Kier alpha value is -3.22. The summed E-state index contributed by atoms with van der Waals surface area (Å²) < 4.78 is 15.4. The zero-order valence-corrected chi connectivity index (χ0v) is 14.3. The second-order valence-corrected chi connectivity index (χ2v) is 5.08. The fourth-order valence-electron chi connectivity index (χ4n) is 2.00. The Labute approximate surface area is 145 Å². The Morgan fingerprint density at radius 3 is 2.24 bits per heavy atom. The minimum absolute atomic E-state index is 0.0179. The number of rotatable bonds is 7. The van der Waals surface area contributed by atoms with Crippen molar-refractivity contribution < 1.29 is 24.1 Å². The molecule has 132 valence electrons. The summed E-state index contributed by atoms with van der Waals surface area (Å²) in [6, 6.07) is 11.7. The minimum Gasteiger partial charge on any atom is -0.507 e. The number of phenolic OH excluding ortho intramolecular Hbond substituents is 1. The molecule has 2 rings (SSSR count). The van der Waals surface area contributed by atoms with E-state index in [9.17, 15) is 9.90 Å². The maximum atomic E-state index is 11.8. The number of hydrogen-bond acceptors (Lipinski definition) is 6. The summed E-state index contributed by atoms with van der Waals surface area (Å²) in [7, 11) is 3.09. The van der Waals surface area contributed by atoms with Crippen LogP contribution in [0.2, 0.25) is 0 Å². The molecule has 0 aliphatic carbocycles. The molecule has 0 saturated heterocycles. The lowest BCUT2D eigenvalue weighted by molar-refractivity contribution is -0.123. The number of nitrogens with zero attached hydrogens (tertiary/aromatic N) is 1. The summed E-state index contributed by atoms with van der Waals surface area (Å²) in [6.45, 7) is 1.49. The quantitative estimate of drug-likeness (QED) is 0.594. The van der Waals surface area contributed by atoms with Gasteiger partial charge in [-0.1, -0.05) is 0 Å². The van der Waals surface area contributed by atoms with Gasteiger partial charge in [0.05, 0.1) is 19.9 Å². The highest BCUT2D eigenvalue weighted by atomic mass is 16.5. The van der Waals surface area contributed by atoms with Crippen LogP contribution in [0.3, 0.4) is 0 Å². The molecule has 2 aromatic rings. The monoisotopic (exact) mass is 344 g/mol. The van der Waals surface area contributed by atoms with E-state index >= 15 is 0 Å². The van der Waals surface area contributed by atoms with E-state index in [0.717, 1.165) is 0 Å². The van der Waals surface area contributed by atoms with Crippen LogP contribution in [0.25, 0.3) is 0 Å². The Kier molecular flexibility index (Phi) is 6.22. The van der Waals surface area contributed by atoms with Crippen LogP contribution in [-0.2, 0) is 4.79 Å². The number of hydrazone groups is 1. The van der Waals surface area contributed by atoms with Crippen LogP contribution in [0.15, 0.2) is 47.6 Å². The summed E-state index contributed by atoms with van der Waals surface area (Å²) in [5.74, 6) is 1.39. The molecule has 0 aliphatic rings. The average molecular weight is 344 g/mol. The minimum atomic E-state index is -0.414. The third kappa shape index (κ3) is 5.13. The van der Waals surface area contributed by atoms with Gasteiger partial charge in [-0.15, -0.1) is 0 Å². The van der Waals surface area contributed by atoms with Gasteiger partial charge in [0.25, 0.3) is 5.91 Å². The van der Waals surface area contributed by atoms with Gasteiger partial charge in [-0.25, -0.2) is 5.43 Å². The van der Waals surface area contributed by atoms with Gasteiger partial charge in [-0.2, -0.15) is 5.10 Å². The van der Waals surface area contributed by atoms with E-state index in [1.54, 1.807) is 50.4 Å². The van der Waals surface area contributed by atoms with Crippen molar-refractivity contribution in [3.8, 4) is 23.0 Å². The fourth-order valence-corrected chi connectivity index (χ4v) is 2.00. The molecule has 0 aliphatic heterocycles. The largest absolute Gasteiger partial charge is 0.507 e. The summed E-state index contributed by atoms with van der Waals surface area (Å²) in [5, 5.41) is 13.9. The molecule has 7 nitrogen and oxygen atoms in total. The van der Waals surface area contributed by atoms with Gasteiger partial charge in [0.15, 0.2) is 6.61 Å². The molecule has 0 bridgehead atoms. The molecule has 0 radical (unpaired) electrons. The lowest BCUT2D eigenvalue weighted by atomic mass is 10.1. The molecule has 2 N–H and O–H groups in total. The van der Waals surface area contributed by atoms with Gasteiger partial charge < -0.3 is 19.3 Å². The second-order valence-electron chi connectivity index (χ2n) is 5.08. The highest BCUT2D eigenvalue weighted by Gasteiger charge is 2.08. The van der Waals surface area contributed by atoms with Gasteiger partial charge >= 0.3 is 0 Å². The van der Waals surface area contributed by atoms with Crippen molar-refractivity contribution in [3.63, 3.8) is 0 Å². The van der Waals surface area contributed by atoms with E-state index in [1.807, 2.05) is 0 Å². The van der Waals surface area contributed by atoms with Crippen molar-refractivity contribution in [3.05, 3.63) is 48.0 Å². The molecular formula is C18H20N2O5. The molecule has 0 spiro atoms. The van der Waals surface area contributed by atoms with Gasteiger partial charge in [-0.05, 0) is 43.3 Å². The van der Waals surface area contributed by atoms with Gasteiger partial charge in [0.2, 0.25) is 0 Å². The van der Waals surface area contributed by atoms with Crippen molar-refractivity contribution in [2.75, 3.05) is 20.8 Å². The zero-order chi connectivity index (χ0) is 18.2. The highest BCUT2D eigenvalue weighted by molar-refractivity contribution is 6.01. The standard InChI is InChI=1S/C18H20N2O5/c1-12(16-9-8-15(24-3)10-17(16)21)19-20-18(22)11-25-14-6-4-13(23-2)5-7-14/h4-10,21H,11H2,1-3H3,(H,20,22)/b19-12-. The predicted octanol–water partition coefficient (Wildman–Crippen LogP) is 2.33. The summed E-state index contributed by atoms with van der Waals surface area (Å²) in [6.07, 6.45) is 0. The zero-order valence-electron chi connectivity index (χ0n) is 14.3. The first kappa shape index (κ1) is 18.1. The van der Waals surface area contributed by atoms with E-state index in [4.69, 9.17) is 14.2 Å². The lowest BCUT2D eigenvalue weighted by Gasteiger charge is -2.08. The number of benzene rings is 2. The van der Waals surface area contributed by atoms with Crippen LogP contribution in [-0.4, -0.2) is 37.6 Å². The van der Waals surface area contributed by atoms with Crippen molar-refractivity contribution >= 4 is 11.6 Å². The number of carbonyl (C=O) groups is 1. The van der Waals surface area contributed by atoms with Crippen molar-refractivity contribution in [1.82, 2.24) is 5.43 Å². The van der Waals surface area contributed by atoms with Gasteiger partial charge in [0, 0.05) is 11.6 Å². The first-order chi connectivity index (χ1) is 12.0. The van der Waals surface area contributed by atoms with E-state index in [1.165, 1.54) is 13.2 Å². The Balaban J connectivity index is 1.90. The van der Waals surface area contributed by atoms with Gasteiger partial charge in [0.1, 0.15) is 23.0 Å². The molecule has 0 heterocycles. The number of nitrogens with one attached hydrogen (secondary N) is 1. The molecule has 25 heavy (non-hydrogen) atoms. The smallest absolute Gasteiger partial charge is 0.277 e. The van der Waals surface area contributed by atoms with Crippen LogP contribution in [0.1, 0.15) is 12.5 Å². The molecule has 0 fully saturated rings. The summed E-state index contributed by atoms with van der Waals surface area (Å²) in [5.41, 5.74) is 3.34. The van der Waals surface area contributed by atoms with Crippen LogP contribution in [0.5, 0.6) is 23.0 Å². The van der Waals surface area contributed by atoms with E-state index in [-0.39, 0.29) is 12.4 Å². The fraction of sp³-hybridized carbons (Fsp3) is 0.222. The number of hydrogen-bond donors (Lipinski definition) is 2. The van der Waals surface area contributed by atoms with E-state index in [0.29, 0.717) is 28.5 Å². The van der Waals surface area contributed by atoms with Crippen molar-refractivity contribution in [2.45, 2.75) is 6.92 Å². The van der Waals surface area contributed by atoms with Gasteiger partial charge in [-0.3, -0.25) is 4.79 Å². The Bertz CT molecular complexity index is 757. The SMILES string of the molecule is COc1ccc(OCC(=O)N/N=C(/C)c2ccc(OC)cc2O)cc1. The third-order valence-corrected chi connectivity index (χ3v) is 3.37. The second kappa shape index (κ2) is 8.58. The number of ether oxygens (including phenoxy) is 3. The Morgan fingerprint density at radius 2 is 1.64 bits per heavy atom. The van der Waals surface area contributed by atoms with Crippen LogP contribution < -0.4 is 19.6 Å². The summed E-state index contributed by atoms with van der Waals surface area (Å²) in [4.78, 5) is 11.8. The number of aromatic hydroxyl groups is 1. The molecule has 7 heteroatoms. The number of carbonyl (C=O) groups excluding carboxylic acids is 1. The van der Waals surface area contributed by atoms with Crippen LogP contribution in [0.4, 0.5) is 0 Å². The summed E-state index contributed by atoms with van der Waals surface area (Å²) >= 11 is 0. The predicted molar refractivity (Wildman–Crippen MR) is 93.5 cm³/mol. The van der Waals surface area contributed by atoms with Crippen LogP contribution >= 0.6 is 0 Å². The number of methoxy groups -OCH3 is 2. The van der Waals surface area contributed by atoms with E-state index in [2.05, 4.69) is 10.5 Å². The van der Waals surface area contributed by atoms with Crippen LogP contribution in [0, 0.1) is 0 Å². The van der Waals surface area contributed by atoms with Crippen molar-refractivity contribution in [1.29, 1.82) is 0 Å². The van der Waals surface area contributed by atoms with Crippen molar-refractivity contribution in [2.24, 2.45) is 5.10 Å². The maximum Gasteiger partial charge on any atom is 0.277 e. The molecular weight excluding hydrogens is 324 g/mol. The first-order valence-corrected chi connectivity index (χ1v) is 7.51.